The third kappa shape index (κ3) is 4.13. The smallest absolute Gasteiger partial charge is 0.387 e. The Hall–Kier alpha value is -1.24. The molecule has 20 heavy (non-hydrogen) atoms. The number of aryl methyl sites for hydroxylation is 1. The zero-order valence-corrected chi connectivity index (χ0v) is 10.6. The summed E-state index contributed by atoms with van der Waals surface area (Å²) in [7, 11) is 0. The molecule has 0 aliphatic rings. The summed E-state index contributed by atoms with van der Waals surface area (Å²) in [5.74, 6) is -3.79. The van der Waals surface area contributed by atoms with Crippen LogP contribution in [0.3, 0.4) is 0 Å². The first-order chi connectivity index (χ1) is 9.07. The average molecular weight is 300 g/mol. The van der Waals surface area contributed by atoms with Gasteiger partial charge in [0.25, 0.3) is 0 Å². The molecule has 0 saturated heterocycles. The van der Waals surface area contributed by atoms with Crippen molar-refractivity contribution in [1.82, 2.24) is 0 Å². The SMILES string of the molecule is CCCc1ccc(C(O)C(C(F)(F)F)C(F)(F)F)cc1. The zero-order valence-electron chi connectivity index (χ0n) is 10.6. The fraction of sp³-hybridized carbons (Fsp3) is 0.538. The van der Waals surface area contributed by atoms with E-state index in [2.05, 4.69) is 0 Å². The second-order valence-electron chi connectivity index (χ2n) is 4.50. The van der Waals surface area contributed by atoms with Gasteiger partial charge in [-0.05, 0) is 17.5 Å². The van der Waals surface area contributed by atoms with Crippen LogP contribution in [0.4, 0.5) is 26.3 Å². The van der Waals surface area contributed by atoms with E-state index in [-0.39, 0.29) is 0 Å². The summed E-state index contributed by atoms with van der Waals surface area (Å²) in [6.45, 7) is 1.89. The molecule has 0 aromatic heterocycles. The lowest BCUT2D eigenvalue weighted by atomic mass is 9.93. The summed E-state index contributed by atoms with van der Waals surface area (Å²) in [6, 6.07) is 5.04. The van der Waals surface area contributed by atoms with Crippen LogP contribution in [-0.4, -0.2) is 17.5 Å². The number of rotatable bonds is 4. The Morgan fingerprint density at radius 3 is 1.75 bits per heavy atom. The molecular formula is C13H14F6O. The summed E-state index contributed by atoms with van der Waals surface area (Å²) in [5.41, 5.74) is 0.392. The number of aliphatic hydroxyl groups is 1. The van der Waals surface area contributed by atoms with E-state index in [1.54, 1.807) is 0 Å². The van der Waals surface area contributed by atoms with Crippen LogP contribution in [0.2, 0.25) is 0 Å². The summed E-state index contributed by atoms with van der Waals surface area (Å²) in [4.78, 5) is 0. The fourth-order valence-electron chi connectivity index (χ4n) is 1.91. The predicted molar refractivity (Wildman–Crippen MR) is 61.0 cm³/mol. The van der Waals surface area contributed by atoms with Crippen molar-refractivity contribution in [2.24, 2.45) is 5.92 Å². The second kappa shape index (κ2) is 6.03. The van der Waals surface area contributed by atoms with E-state index < -0.39 is 29.9 Å². The number of halogens is 6. The Morgan fingerprint density at radius 1 is 0.950 bits per heavy atom. The van der Waals surface area contributed by atoms with Crippen molar-refractivity contribution in [2.45, 2.75) is 38.2 Å². The molecule has 114 valence electrons. The minimum Gasteiger partial charge on any atom is -0.387 e. The molecule has 0 radical (unpaired) electrons. The molecule has 1 nitrogen and oxygen atoms in total. The molecule has 1 atom stereocenters. The lowest BCUT2D eigenvalue weighted by Gasteiger charge is -2.27. The molecule has 7 heteroatoms. The van der Waals surface area contributed by atoms with Gasteiger partial charge in [-0.25, -0.2) is 0 Å². The average Bonchev–Trinajstić information content (AvgIpc) is 2.26. The summed E-state index contributed by atoms with van der Waals surface area (Å²) < 4.78 is 74.8. The van der Waals surface area contributed by atoms with Gasteiger partial charge in [-0.15, -0.1) is 0 Å². The monoisotopic (exact) mass is 300 g/mol. The van der Waals surface area contributed by atoms with Gasteiger partial charge in [0.15, 0.2) is 5.92 Å². The van der Waals surface area contributed by atoms with Gasteiger partial charge < -0.3 is 5.11 Å². The van der Waals surface area contributed by atoms with Crippen LogP contribution in [-0.2, 0) is 6.42 Å². The quantitative estimate of drug-likeness (QED) is 0.816. The number of aliphatic hydroxyl groups excluding tert-OH is 1. The van der Waals surface area contributed by atoms with Crippen LogP contribution in [0.15, 0.2) is 24.3 Å². The van der Waals surface area contributed by atoms with Gasteiger partial charge in [-0.3, -0.25) is 0 Å². The highest BCUT2D eigenvalue weighted by Crippen LogP contribution is 2.46. The maximum absolute atomic E-state index is 12.5. The number of hydrogen-bond acceptors (Lipinski definition) is 1. The first-order valence-electron chi connectivity index (χ1n) is 5.97. The van der Waals surface area contributed by atoms with Gasteiger partial charge in [0, 0.05) is 0 Å². The second-order valence-corrected chi connectivity index (χ2v) is 4.50. The van der Waals surface area contributed by atoms with E-state index in [0.29, 0.717) is 6.42 Å². The van der Waals surface area contributed by atoms with Crippen molar-refractivity contribution in [1.29, 1.82) is 0 Å². The van der Waals surface area contributed by atoms with Crippen LogP contribution < -0.4 is 0 Å². The van der Waals surface area contributed by atoms with Gasteiger partial charge in [0.2, 0.25) is 0 Å². The Bertz CT molecular complexity index is 406. The molecular weight excluding hydrogens is 286 g/mol. The van der Waals surface area contributed by atoms with Crippen molar-refractivity contribution in [2.75, 3.05) is 0 Å². The molecule has 1 aromatic carbocycles. The fourth-order valence-corrected chi connectivity index (χ4v) is 1.91. The predicted octanol–water partition coefficient (Wildman–Crippen LogP) is 4.41. The van der Waals surface area contributed by atoms with Crippen molar-refractivity contribution in [3.8, 4) is 0 Å². The van der Waals surface area contributed by atoms with Crippen molar-refractivity contribution >= 4 is 0 Å². The molecule has 0 amide bonds. The van der Waals surface area contributed by atoms with Crippen molar-refractivity contribution < 1.29 is 31.4 Å². The molecule has 1 rings (SSSR count). The summed E-state index contributed by atoms with van der Waals surface area (Å²) >= 11 is 0. The minimum absolute atomic E-state index is 0.399. The third-order valence-electron chi connectivity index (χ3n) is 2.88. The molecule has 0 heterocycles. The highest BCUT2D eigenvalue weighted by atomic mass is 19.4. The summed E-state index contributed by atoms with van der Waals surface area (Å²) in [6.07, 6.45) is -12.3. The molecule has 0 spiro atoms. The number of benzene rings is 1. The van der Waals surface area contributed by atoms with E-state index in [9.17, 15) is 31.4 Å². The van der Waals surface area contributed by atoms with Gasteiger partial charge in [0.05, 0.1) is 6.10 Å². The van der Waals surface area contributed by atoms with Crippen LogP contribution in [0.25, 0.3) is 0 Å². The molecule has 0 saturated carbocycles. The standard InChI is InChI=1S/C13H14F6O/c1-2-3-8-4-6-9(7-5-8)10(20)11(12(14,15)16)13(17,18)19/h4-7,10-11,20H,2-3H2,1H3. The first kappa shape index (κ1) is 16.8. The molecule has 0 aliphatic carbocycles. The number of hydrogen-bond donors (Lipinski definition) is 1. The van der Waals surface area contributed by atoms with Crippen LogP contribution >= 0.6 is 0 Å². The van der Waals surface area contributed by atoms with E-state index in [4.69, 9.17) is 0 Å². The first-order valence-corrected chi connectivity index (χ1v) is 5.97. The zero-order chi connectivity index (χ0) is 15.6. The molecule has 0 bridgehead atoms. The largest absolute Gasteiger partial charge is 0.403 e. The van der Waals surface area contributed by atoms with E-state index >= 15 is 0 Å². The molecule has 1 aromatic rings. The highest BCUT2D eigenvalue weighted by Gasteiger charge is 2.60. The lowest BCUT2D eigenvalue weighted by molar-refractivity contribution is -0.307. The molecule has 1 unspecified atom stereocenters. The maximum atomic E-state index is 12.5. The van der Waals surface area contributed by atoms with Crippen LogP contribution in [0.5, 0.6) is 0 Å². The minimum atomic E-state index is -5.56. The Morgan fingerprint density at radius 2 is 1.40 bits per heavy atom. The number of alkyl halides is 6. The lowest BCUT2D eigenvalue weighted by Crippen LogP contribution is -2.40. The van der Waals surface area contributed by atoms with E-state index in [1.165, 1.54) is 12.1 Å². The summed E-state index contributed by atoms with van der Waals surface area (Å²) in [5, 5.41) is 9.43. The van der Waals surface area contributed by atoms with E-state index in [1.807, 2.05) is 6.92 Å². The highest BCUT2D eigenvalue weighted by molar-refractivity contribution is 5.25. The Balaban J connectivity index is 3.04. The van der Waals surface area contributed by atoms with Gasteiger partial charge in [-0.2, -0.15) is 26.3 Å². The maximum Gasteiger partial charge on any atom is 0.403 e. The molecule has 0 aliphatic heterocycles. The van der Waals surface area contributed by atoms with Gasteiger partial charge in [0.1, 0.15) is 0 Å². The third-order valence-corrected chi connectivity index (χ3v) is 2.88. The van der Waals surface area contributed by atoms with Gasteiger partial charge >= 0.3 is 12.4 Å². The Labute approximate surface area is 112 Å². The van der Waals surface area contributed by atoms with Crippen LogP contribution in [0, 0.1) is 5.92 Å². The normalized spacial score (nSPS) is 14.7. The van der Waals surface area contributed by atoms with E-state index in [0.717, 1.165) is 24.1 Å². The van der Waals surface area contributed by atoms with Crippen molar-refractivity contribution in [3.63, 3.8) is 0 Å². The topological polar surface area (TPSA) is 20.2 Å². The van der Waals surface area contributed by atoms with Gasteiger partial charge in [-0.1, -0.05) is 37.6 Å². The van der Waals surface area contributed by atoms with Crippen molar-refractivity contribution in [3.05, 3.63) is 35.4 Å². The molecule has 1 N–H and O–H groups in total. The molecule has 0 fully saturated rings. The Kier molecular flexibility index (Phi) is 5.07. The van der Waals surface area contributed by atoms with Crippen LogP contribution in [0.1, 0.15) is 30.6 Å².